The van der Waals surface area contributed by atoms with Crippen LogP contribution in [0.25, 0.3) is 0 Å². The molecule has 16 rings (SSSR count). The van der Waals surface area contributed by atoms with Gasteiger partial charge in [-0.05, 0) is 196 Å². The number of ether oxygens (including phenoxy) is 9. The number of thiophene rings is 4. The summed E-state index contributed by atoms with van der Waals surface area (Å²) < 4.78 is 67.1. The summed E-state index contributed by atoms with van der Waals surface area (Å²) in [6.45, 7) is 14.1. The molecule has 0 atom stereocenters. The van der Waals surface area contributed by atoms with Crippen LogP contribution in [-0.2, 0) is 68.0 Å². The second kappa shape index (κ2) is 56.0. The number of carbonyl (C=O) groups is 6. The van der Waals surface area contributed by atoms with Crippen molar-refractivity contribution in [2.75, 3.05) is 88.4 Å². The van der Waals surface area contributed by atoms with Crippen molar-refractivity contribution in [2.45, 2.75) is 73.9 Å². The van der Waals surface area contributed by atoms with Gasteiger partial charge < -0.3 is 76.4 Å². The van der Waals surface area contributed by atoms with Crippen molar-refractivity contribution in [1.29, 1.82) is 0 Å². The first-order chi connectivity index (χ1) is 65.3. The van der Waals surface area contributed by atoms with Gasteiger partial charge in [0.25, 0.3) is 35.4 Å². The van der Waals surface area contributed by atoms with Gasteiger partial charge in [0, 0.05) is 98.8 Å². The SMILES string of the molecule is CCN(Cc1ccco1)C(=O)COc1ccc2c(c1)OCO2.CCN(Cc1cccs1)C(=O)COc1cccc(F)c1.COc1cccc(OCC(=O)N(Cc2cccs2)c2cccnc2)c1.Cc1ccc(OCC(=O)N(C)Cc2cccs2)cc1.Cc1ccc(OCC(=O)N(Cc2nccs2)c2ccccc2)cc1.Cc1cccc(OCC(=O)N(Cc2cccs2)c2ccccc2)n1.Cl. The lowest BCUT2D eigenvalue weighted by Gasteiger charge is -2.22. The molecule has 15 aromatic rings. The number of amides is 6. The van der Waals surface area contributed by atoms with Crippen molar-refractivity contribution < 1.29 is 80.2 Å². The zero-order valence-electron chi connectivity index (χ0n) is 75.6. The maximum absolute atomic E-state index is 13.0. The summed E-state index contributed by atoms with van der Waals surface area (Å²) in [6, 6.07) is 81.6. The Morgan fingerprint density at radius 1 is 0.393 bits per heavy atom. The molecule has 7 aromatic carbocycles. The third kappa shape index (κ3) is 35.4. The number of hydrogen-bond acceptors (Lipinski definition) is 24. The van der Waals surface area contributed by atoms with Crippen LogP contribution in [0.3, 0.4) is 0 Å². The molecule has 702 valence electrons. The van der Waals surface area contributed by atoms with E-state index in [1.807, 2.05) is 262 Å². The van der Waals surface area contributed by atoms with E-state index in [-0.39, 0.29) is 100 Å². The van der Waals surface area contributed by atoms with Gasteiger partial charge in [-0.25, -0.2) is 14.4 Å². The van der Waals surface area contributed by atoms with Crippen molar-refractivity contribution in [3.05, 3.63) is 372 Å². The molecule has 0 aliphatic carbocycles. The summed E-state index contributed by atoms with van der Waals surface area (Å²) in [4.78, 5) is 102. The Labute approximate surface area is 811 Å². The molecule has 6 amide bonds. The maximum Gasteiger partial charge on any atom is 0.265 e. The molecule has 0 unspecified atom stereocenters. The summed E-state index contributed by atoms with van der Waals surface area (Å²) in [6.07, 6.45) is 6.70. The number of rotatable bonds is 36. The highest BCUT2D eigenvalue weighted by atomic mass is 35.5. The van der Waals surface area contributed by atoms with Gasteiger partial charge >= 0.3 is 0 Å². The summed E-state index contributed by atoms with van der Waals surface area (Å²) in [5.41, 5.74) is 5.63. The maximum atomic E-state index is 13.0. The fourth-order valence-electron chi connectivity index (χ4n) is 12.4. The van der Waals surface area contributed by atoms with Crippen LogP contribution in [0.5, 0.6) is 51.9 Å². The minimum Gasteiger partial charge on any atom is -0.497 e. The standard InChI is InChI=1S/C19H18N2O3S.2C19H18N2O2S.C16H17NO5.C15H16FNO2S.C15H17NO2S.ClH/c1-23-16-6-2-7-17(11-16)24-14-19(22)21(13-18-8-4-10-25-18)15-5-3-9-20-12-15;1-15-7-5-11-18(20-15)23-14-19(22)21(13-17-10-6-12-24-17)16-8-3-2-4-9-16;1-15-7-9-17(10-8-15)23-14-19(22)21(13-18-20-11-12-24-18)16-5-3-2-4-6-16;1-2-17(9-13-4-3-7-19-13)16(18)10-20-12-5-6-14-15(8-12)22-11-21-14;1-2-17(10-14-7-4-8-20-14)15(18)11-19-13-6-3-5-12(16)9-13;1-12-5-7-13(8-6-12)18-11-15(17)16(2)10-14-4-3-9-19-14;/h2-12H,13-14H2,1H3;2*2-12H,13-14H2,1H3;3-8H,2,9-11H2,1H3;3-9H,2,10-11H2,1H3;3-9H,10-11H2,1-2H3;1H. The van der Waals surface area contributed by atoms with Crippen molar-refractivity contribution in [2.24, 2.45) is 0 Å². The van der Waals surface area contributed by atoms with Gasteiger partial charge in [0.2, 0.25) is 12.7 Å². The molecule has 32 heteroatoms. The largest absolute Gasteiger partial charge is 0.497 e. The molecular formula is C103H105ClFN9O16S5. The van der Waals surface area contributed by atoms with Crippen molar-refractivity contribution in [3.8, 4) is 51.9 Å². The molecule has 0 radical (unpaired) electrons. The number of carbonyl (C=O) groups excluding carboxylic acids is 6. The number of nitrogens with zero attached hydrogens (tertiary/aromatic N) is 9. The predicted molar refractivity (Wildman–Crippen MR) is 531 cm³/mol. The molecule has 0 fully saturated rings. The number of thiazole rings is 1. The van der Waals surface area contributed by atoms with E-state index in [0.717, 1.165) is 59.5 Å². The number of pyridine rings is 2. The summed E-state index contributed by atoms with van der Waals surface area (Å²) in [7, 11) is 3.38. The summed E-state index contributed by atoms with van der Waals surface area (Å²) in [5.74, 6) is 5.24. The van der Waals surface area contributed by atoms with Crippen LogP contribution < -0.4 is 57.3 Å². The lowest BCUT2D eigenvalue weighted by molar-refractivity contribution is -0.134. The quantitative estimate of drug-likeness (QED) is 0.0353. The van der Waals surface area contributed by atoms with E-state index in [9.17, 15) is 33.2 Å². The highest BCUT2D eigenvalue weighted by Gasteiger charge is 2.24. The molecule has 0 saturated carbocycles. The molecule has 0 bridgehead atoms. The van der Waals surface area contributed by atoms with E-state index < -0.39 is 0 Å². The molecule has 25 nitrogen and oxygen atoms in total. The number of para-hydroxylation sites is 2. The number of furan rings is 1. The third-order valence-electron chi connectivity index (χ3n) is 19.5. The number of hydrogen-bond donors (Lipinski definition) is 0. The Morgan fingerprint density at radius 2 is 0.859 bits per heavy atom. The van der Waals surface area contributed by atoms with Crippen LogP contribution in [0.2, 0.25) is 0 Å². The smallest absolute Gasteiger partial charge is 0.265 e. The number of aromatic nitrogens is 3. The highest BCUT2D eigenvalue weighted by molar-refractivity contribution is 7.11. The van der Waals surface area contributed by atoms with Gasteiger partial charge in [0.15, 0.2) is 51.1 Å². The van der Waals surface area contributed by atoms with Crippen LogP contribution in [-0.4, -0.2) is 139 Å². The van der Waals surface area contributed by atoms with Gasteiger partial charge in [-0.3, -0.25) is 33.8 Å². The van der Waals surface area contributed by atoms with Crippen molar-refractivity contribution in [3.63, 3.8) is 0 Å². The molecule has 0 N–H and O–H groups in total. The Kier molecular flexibility index (Phi) is 42.7. The van der Waals surface area contributed by atoms with Gasteiger partial charge in [-0.15, -0.1) is 69.1 Å². The number of aryl methyl sites for hydroxylation is 3. The summed E-state index contributed by atoms with van der Waals surface area (Å²) >= 11 is 8.04. The van der Waals surface area contributed by atoms with E-state index in [2.05, 4.69) is 15.0 Å². The number of anilines is 3. The highest BCUT2D eigenvalue weighted by Crippen LogP contribution is 2.36. The fourth-order valence-corrected chi connectivity index (χ4v) is 15.9. The third-order valence-corrected chi connectivity index (χ3v) is 23.7. The molecular weight excluding hydrogens is 1830 g/mol. The van der Waals surface area contributed by atoms with Crippen LogP contribution in [0.1, 0.15) is 60.9 Å². The second-order valence-corrected chi connectivity index (χ2v) is 34.4. The van der Waals surface area contributed by atoms with Gasteiger partial charge in [0.1, 0.15) is 51.1 Å². The molecule has 1 aliphatic rings. The first-order valence-corrected chi connectivity index (χ1v) is 47.0. The monoisotopic (exact) mass is 1940 g/mol. The summed E-state index contributed by atoms with van der Waals surface area (Å²) in [5, 5.41) is 10.8. The van der Waals surface area contributed by atoms with E-state index in [1.165, 1.54) is 33.9 Å². The Morgan fingerprint density at radius 3 is 1.36 bits per heavy atom. The molecule has 9 heterocycles. The Bertz CT molecular complexity index is 5970. The van der Waals surface area contributed by atoms with Gasteiger partial charge in [0.05, 0.1) is 64.5 Å². The second-order valence-electron chi connectivity index (χ2n) is 29.3. The predicted octanol–water partition coefficient (Wildman–Crippen LogP) is 21.2. The van der Waals surface area contributed by atoms with Crippen LogP contribution in [0.15, 0.2) is 323 Å². The first kappa shape index (κ1) is 103. The van der Waals surface area contributed by atoms with Gasteiger partial charge in [-0.1, -0.05) is 114 Å². The number of methoxy groups -OCH3 is 1. The number of halogens is 2. The van der Waals surface area contributed by atoms with Crippen LogP contribution >= 0.6 is 69.1 Å². The van der Waals surface area contributed by atoms with E-state index in [0.29, 0.717) is 98.5 Å². The van der Waals surface area contributed by atoms with E-state index >= 15 is 0 Å². The Balaban J connectivity index is 0.000000168. The van der Waals surface area contributed by atoms with Crippen LogP contribution in [0.4, 0.5) is 21.5 Å². The molecule has 8 aromatic heterocycles. The van der Waals surface area contributed by atoms with Gasteiger partial charge in [-0.2, -0.15) is 0 Å². The van der Waals surface area contributed by atoms with E-state index in [4.69, 9.17) is 47.0 Å². The topological polar surface area (TPSA) is 257 Å². The molecule has 1 aliphatic heterocycles. The number of likely N-dealkylation sites (N-methyl/N-ethyl adjacent to an activating group) is 3. The Hall–Kier alpha value is -14.2. The zero-order valence-corrected chi connectivity index (χ0v) is 80.5. The number of benzene rings is 7. The lowest BCUT2D eigenvalue weighted by atomic mass is 10.2. The zero-order chi connectivity index (χ0) is 94.4. The average molecular weight is 1940 g/mol. The first-order valence-electron chi connectivity index (χ1n) is 42.6. The number of fused-ring (bicyclic) bond motifs is 1. The van der Waals surface area contributed by atoms with Crippen molar-refractivity contribution in [1.82, 2.24) is 29.7 Å². The van der Waals surface area contributed by atoms with Crippen LogP contribution in [0, 0.1) is 26.6 Å². The molecule has 135 heavy (non-hydrogen) atoms. The van der Waals surface area contributed by atoms with Crippen molar-refractivity contribution >= 4 is 122 Å². The average Bonchev–Trinajstić information content (AvgIpc) is 1.82. The minimum atomic E-state index is -0.374. The molecule has 0 spiro atoms. The van der Waals surface area contributed by atoms with E-state index in [1.54, 1.807) is 168 Å². The fraction of sp³-hybridized carbons (Fsp3) is 0.214. The lowest BCUT2D eigenvalue weighted by Crippen LogP contribution is -2.34. The minimum absolute atomic E-state index is 0. The molecule has 0 saturated heterocycles. The normalized spacial score (nSPS) is 10.5.